The third-order valence-corrected chi connectivity index (χ3v) is 4.43. The highest BCUT2D eigenvalue weighted by Crippen LogP contribution is 2.20. The lowest BCUT2D eigenvalue weighted by atomic mass is 9.98. The lowest BCUT2D eigenvalue weighted by Crippen LogP contribution is -2.38. The Morgan fingerprint density at radius 3 is 2.75 bits per heavy atom. The van der Waals surface area contributed by atoms with Gasteiger partial charge in [0.25, 0.3) is 0 Å². The largest absolute Gasteiger partial charge is 0.396 e. The highest BCUT2D eigenvalue weighted by Gasteiger charge is 2.20. The predicted molar refractivity (Wildman–Crippen MR) is 84.3 cm³/mol. The van der Waals surface area contributed by atoms with Crippen molar-refractivity contribution in [3.63, 3.8) is 0 Å². The number of aryl methyl sites for hydroxylation is 1. The minimum atomic E-state index is 0.0499. The van der Waals surface area contributed by atoms with Crippen molar-refractivity contribution < 1.29 is 9.90 Å². The van der Waals surface area contributed by atoms with E-state index in [9.17, 15) is 4.79 Å². The highest BCUT2D eigenvalue weighted by atomic mass is 79.9. The van der Waals surface area contributed by atoms with Crippen LogP contribution in [0.4, 0.5) is 0 Å². The second kappa shape index (κ2) is 7.04. The number of rotatable bonds is 3. The number of halogens is 1. The molecule has 1 heterocycles. The van der Waals surface area contributed by atoms with E-state index in [-0.39, 0.29) is 12.5 Å². The summed E-state index contributed by atoms with van der Waals surface area (Å²) in [5, 5.41) is 9.10. The van der Waals surface area contributed by atoms with E-state index in [1.807, 2.05) is 36.1 Å². The van der Waals surface area contributed by atoms with Crippen molar-refractivity contribution in [2.45, 2.75) is 19.8 Å². The Labute approximate surface area is 128 Å². The Hall–Kier alpha value is -1.13. The molecule has 1 fully saturated rings. The van der Waals surface area contributed by atoms with Crippen molar-refractivity contribution in [3.05, 3.63) is 39.9 Å². The van der Waals surface area contributed by atoms with Gasteiger partial charge in [0.05, 0.1) is 0 Å². The summed E-state index contributed by atoms with van der Waals surface area (Å²) in [4.78, 5) is 14.0. The van der Waals surface area contributed by atoms with E-state index >= 15 is 0 Å². The fraction of sp³-hybridized carbons (Fsp3) is 0.438. The first-order chi connectivity index (χ1) is 9.60. The van der Waals surface area contributed by atoms with Crippen LogP contribution in [0.1, 0.15) is 24.0 Å². The number of benzene rings is 1. The number of aliphatic hydroxyl groups is 1. The molecule has 2 rings (SSSR count). The van der Waals surface area contributed by atoms with Crippen LogP contribution >= 0.6 is 15.9 Å². The molecule has 0 saturated carbocycles. The first kappa shape index (κ1) is 15.3. The highest BCUT2D eigenvalue weighted by molar-refractivity contribution is 9.10. The van der Waals surface area contributed by atoms with Crippen LogP contribution in [0.5, 0.6) is 0 Å². The molecule has 1 aliphatic rings. The Balaban J connectivity index is 1.96. The predicted octanol–water partition coefficient (Wildman–Crippen LogP) is 3.00. The van der Waals surface area contributed by atoms with Crippen LogP contribution in [0.25, 0.3) is 6.08 Å². The summed E-state index contributed by atoms with van der Waals surface area (Å²) in [6, 6.07) is 6.07. The number of carbonyl (C=O) groups is 1. The number of hydrogen-bond donors (Lipinski definition) is 1. The lowest BCUT2D eigenvalue weighted by molar-refractivity contribution is -0.127. The van der Waals surface area contributed by atoms with Crippen LogP contribution in [-0.2, 0) is 4.79 Å². The Morgan fingerprint density at radius 2 is 2.15 bits per heavy atom. The summed E-state index contributed by atoms with van der Waals surface area (Å²) in [7, 11) is 0. The number of aliphatic hydroxyl groups excluding tert-OH is 1. The number of hydrogen-bond acceptors (Lipinski definition) is 2. The third-order valence-electron chi connectivity index (χ3n) is 3.75. The van der Waals surface area contributed by atoms with Gasteiger partial charge in [-0.1, -0.05) is 28.1 Å². The van der Waals surface area contributed by atoms with Crippen molar-refractivity contribution in [3.8, 4) is 0 Å². The van der Waals surface area contributed by atoms with Gasteiger partial charge in [0.1, 0.15) is 0 Å². The van der Waals surface area contributed by atoms with Gasteiger partial charge < -0.3 is 10.0 Å². The molecule has 1 saturated heterocycles. The maximum atomic E-state index is 12.1. The Bertz CT molecular complexity index is 505. The van der Waals surface area contributed by atoms with Crippen molar-refractivity contribution in [1.82, 2.24) is 4.90 Å². The topological polar surface area (TPSA) is 40.5 Å². The second-order valence-electron chi connectivity index (χ2n) is 5.31. The first-order valence-electron chi connectivity index (χ1n) is 6.94. The van der Waals surface area contributed by atoms with E-state index in [1.54, 1.807) is 6.08 Å². The van der Waals surface area contributed by atoms with E-state index in [2.05, 4.69) is 15.9 Å². The maximum absolute atomic E-state index is 12.1. The molecule has 4 heteroatoms. The Kier molecular flexibility index (Phi) is 5.38. The zero-order valence-electron chi connectivity index (χ0n) is 11.7. The maximum Gasteiger partial charge on any atom is 0.246 e. The van der Waals surface area contributed by atoms with Crippen molar-refractivity contribution >= 4 is 27.9 Å². The van der Waals surface area contributed by atoms with Crippen molar-refractivity contribution in [2.75, 3.05) is 19.7 Å². The van der Waals surface area contributed by atoms with Gasteiger partial charge in [0, 0.05) is 30.2 Å². The van der Waals surface area contributed by atoms with Crippen LogP contribution < -0.4 is 0 Å². The second-order valence-corrected chi connectivity index (χ2v) is 6.16. The molecule has 108 valence electrons. The van der Waals surface area contributed by atoms with Gasteiger partial charge in [-0.15, -0.1) is 0 Å². The smallest absolute Gasteiger partial charge is 0.246 e. The van der Waals surface area contributed by atoms with Crippen LogP contribution in [0.3, 0.4) is 0 Å². The SMILES string of the molecule is Cc1ccc(/C=C/C(=O)N2CCC(CO)CC2)c(Br)c1. The fourth-order valence-corrected chi connectivity index (χ4v) is 3.00. The van der Waals surface area contributed by atoms with Crippen molar-refractivity contribution in [1.29, 1.82) is 0 Å². The van der Waals surface area contributed by atoms with Crippen LogP contribution in [0.2, 0.25) is 0 Å². The van der Waals surface area contributed by atoms with Gasteiger partial charge in [-0.2, -0.15) is 0 Å². The molecule has 0 bridgehead atoms. The number of nitrogens with zero attached hydrogens (tertiary/aromatic N) is 1. The fourth-order valence-electron chi connectivity index (χ4n) is 2.37. The number of likely N-dealkylation sites (tertiary alicyclic amines) is 1. The minimum Gasteiger partial charge on any atom is -0.396 e. The number of amides is 1. The summed E-state index contributed by atoms with van der Waals surface area (Å²) in [5.41, 5.74) is 2.20. The third kappa shape index (κ3) is 3.93. The molecular weight excluding hydrogens is 318 g/mol. The quantitative estimate of drug-likeness (QED) is 0.861. The van der Waals surface area contributed by atoms with Gasteiger partial charge in [0.15, 0.2) is 0 Å². The van der Waals surface area contributed by atoms with Crippen LogP contribution in [0, 0.1) is 12.8 Å². The van der Waals surface area contributed by atoms with Gasteiger partial charge in [-0.25, -0.2) is 0 Å². The average molecular weight is 338 g/mol. The zero-order chi connectivity index (χ0) is 14.5. The average Bonchev–Trinajstić information content (AvgIpc) is 2.46. The van der Waals surface area contributed by atoms with Crippen LogP contribution in [-0.4, -0.2) is 35.6 Å². The molecule has 0 aromatic heterocycles. The molecule has 20 heavy (non-hydrogen) atoms. The van der Waals surface area contributed by atoms with Gasteiger partial charge in [-0.3, -0.25) is 4.79 Å². The molecule has 0 unspecified atom stereocenters. The summed E-state index contributed by atoms with van der Waals surface area (Å²) >= 11 is 3.51. The molecule has 0 radical (unpaired) electrons. The van der Waals surface area contributed by atoms with E-state index in [1.165, 1.54) is 5.56 Å². The van der Waals surface area contributed by atoms with E-state index in [0.29, 0.717) is 5.92 Å². The number of carbonyl (C=O) groups excluding carboxylic acids is 1. The lowest BCUT2D eigenvalue weighted by Gasteiger charge is -2.30. The minimum absolute atomic E-state index is 0.0499. The monoisotopic (exact) mass is 337 g/mol. The molecule has 0 spiro atoms. The molecule has 1 aromatic carbocycles. The summed E-state index contributed by atoms with van der Waals surface area (Å²) in [5.74, 6) is 0.406. The summed E-state index contributed by atoms with van der Waals surface area (Å²) in [6.45, 7) is 3.75. The van der Waals surface area contributed by atoms with Crippen LogP contribution in [0.15, 0.2) is 28.7 Å². The molecule has 1 N–H and O–H groups in total. The first-order valence-corrected chi connectivity index (χ1v) is 7.73. The Morgan fingerprint density at radius 1 is 1.45 bits per heavy atom. The van der Waals surface area contributed by atoms with Gasteiger partial charge >= 0.3 is 0 Å². The van der Waals surface area contributed by atoms with Gasteiger partial charge in [-0.05, 0) is 49.0 Å². The summed E-state index contributed by atoms with van der Waals surface area (Å²) in [6.07, 6.45) is 5.27. The number of piperidine rings is 1. The standard InChI is InChI=1S/C16H20BrNO2/c1-12-2-3-14(15(17)10-12)4-5-16(20)18-8-6-13(11-19)7-9-18/h2-5,10,13,19H,6-9,11H2,1H3/b5-4+. The van der Waals surface area contributed by atoms with E-state index in [4.69, 9.17) is 5.11 Å². The van der Waals surface area contributed by atoms with E-state index < -0.39 is 0 Å². The van der Waals surface area contributed by atoms with Crippen molar-refractivity contribution in [2.24, 2.45) is 5.92 Å². The zero-order valence-corrected chi connectivity index (χ0v) is 13.3. The molecule has 3 nitrogen and oxygen atoms in total. The normalized spacial score (nSPS) is 16.9. The summed E-state index contributed by atoms with van der Waals surface area (Å²) < 4.78 is 1.00. The molecule has 1 aromatic rings. The molecular formula is C16H20BrNO2. The molecule has 1 amide bonds. The molecule has 0 aliphatic carbocycles. The molecule has 1 aliphatic heterocycles. The molecule has 0 atom stereocenters. The van der Waals surface area contributed by atoms with Gasteiger partial charge in [0.2, 0.25) is 5.91 Å². The van der Waals surface area contributed by atoms with E-state index in [0.717, 1.165) is 36.0 Å².